The largest absolute Gasteiger partial charge is 0.367 e. The van der Waals surface area contributed by atoms with Gasteiger partial charge in [0.05, 0.1) is 17.4 Å². The van der Waals surface area contributed by atoms with E-state index in [0.29, 0.717) is 11.6 Å². The maximum absolute atomic E-state index is 13.3. The van der Waals surface area contributed by atoms with Crippen molar-refractivity contribution in [3.8, 4) is 0 Å². The van der Waals surface area contributed by atoms with Crippen molar-refractivity contribution in [1.29, 1.82) is 0 Å². The lowest BCUT2D eigenvalue weighted by Crippen LogP contribution is -2.39. The number of pyridine rings is 1. The van der Waals surface area contributed by atoms with E-state index in [1.807, 2.05) is 35.4 Å². The molecule has 3 heterocycles. The Morgan fingerprint density at radius 3 is 2.92 bits per heavy atom. The van der Waals surface area contributed by atoms with Crippen molar-refractivity contribution in [1.82, 2.24) is 4.98 Å². The van der Waals surface area contributed by atoms with Gasteiger partial charge in [0.25, 0.3) is 5.91 Å². The number of carbonyl (C=O) groups excluding carboxylic acids is 1. The zero-order valence-corrected chi connectivity index (χ0v) is 15.7. The van der Waals surface area contributed by atoms with Gasteiger partial charge in [0.1, 0.15) is 0 Å². The number of nitrogens with zero attached hydrogens (tertiary/aromatic N) is 3. The van der Waals surface area contributed by atoms with E-state index < -0.39 is 0 Å². The first-order valence-electron chi connectivity index (χ1n) is 9.82. The Kier molecular flexibility index (Phi) is 4.66. The summed E-state index contributed by atoms with van der Waals surface area (Å²) < 4.78 is 0. The van der Waals surface area contributed by atoms with Gasteiger partial charge in [0, 0.05) is 30.5 Å². The van der Waals surface area contributed by atoms with Gasteiger partial charge in [-0.05, 0) is 56.7 Å². The predicted molar refractivity (Wildman–Crippen MR) is 106 cm³/mol. The maximum Gasteiger partial charge on any atom is 0.260 e. The van der Waals surface area contributed by atoms with Gasteiger partial charge in [-0.3, -0.25) is 9.78 Å². The maximum atomic E-state index is 13.3. The van der Waals surface area contributed by atoms with Crippen molar-refractivity contribution in [2.24, 2.45) is 0 Å². The van der Waals surface area contributed by atoms with Gasteiger partial charge in [-0.2, -0.15) is 0 Å². The molecule has 2 aromatic rings. The lowest BCUT2D eigenvalue weighted by Gasteiger charge is -2.37. The third-order valence-electron chi connectivity index (χ3n) is 5.83. The number of hydrogen-bond donors (Lipinski definition) is 0. The normalized spacial score (nSPS) is 22.4. The van der Waals surface area contributed by atoms with Crippen LogP contribution in [0.5, 0.6) is 0 Å². The standard InChI is InChI=1S/C22H27N3O/c1-3-19-9-6-7-11-24(19)20-13-18(14-23-15-20)22(26)25-16(2)12-17-8-4-5-10-21(17)25/h4-5,8,10,13-16,19H,3,6-7,9,11-12H2,1-2H3. The molecule has 0 aliphatic carbocycles. The number of piperidine rings is 1. The number of amides is 1. The summed E-state index contributed by atoms with van der Waals surface area (Å²) in [4.78, 5) is 22.1. The lowest BCUT2D eigenvalue weighted by atomic mass is 9.99. The van der Waals surface area contributed by atoms with Crippen LogP contribution in [0.25, 0.3) is 0 Å². The molecular weight excluding hydrogens is 322 g/mol. The number of anilines is 2. The van der Waals surface area contributed by atoms with Crippen molar-refractivity contribution >= 4 is 17.3 Å². The van der Waals surface area contributed by atoms with E-state index in [4.69, 9.17) is 0 Å². The SMILES string of the molecule is CCC1CCCCN1c1cncc(C(=O)N2c3ccccc3CC2C)c1. The molecule has 0 bridgehead atoms. The predicted octanol–water partition coefficient (Wildman–Crippen LogP) is 4.44. The summed E-state index contributed by atoms with van der Waals surface area (Å²) in [5.74, 6) is 0.0573. The highest BCUT2D eigenvalue weighted by Gasteiger charge is 2.32. The van der Waals surface area contributed by atoms with Crippen LogP contribution in [-0.2, 0) is 6.42 Å². The quantitative estimate of drug-likeness (QED) is 0.822. The van der Waals surface area contributed by atoms with Crippen LogP contribution in [0.2, 0.25) is 0 Å². The Balaban J connectivity index is 1.63. The molecule has 26 heavy (non-hydrogen) atoms. The molecule has 1 saturated heterocycles. The summed E-state index contributed by atoms with van der Waals surface area (Å²) in [5, 5.41) is 0. The molecule has 0 N–H and O–H groups in total. The summed E-state index contributed by atoms with van der Waals surface area (Å²) in [6, 6.07) is 11.0. The van der Waals surface area contributed by atoms with E-state index in [0.717, 1.165) is 30.8 Å². The highest BCUT2D eigenvalue weighted by Crippen LogP contribution is 2.34. The van der Waals surface area contributed by atoms with Crippen molar-refractivity contribution < 1.29 is 4.79 Å². The molecule has 0 radical (unpaired) electrons. The molecule has 1 aromatic heterocycles. The Morgan fingerprint density at radius 1 is 1.23 bits per heavy atom. The zero-order valence-electron chi connectivity index (χ0n) is 15.7. The monoisotopic (exact) mass is 349 g/mol. The average Bonchev–Trinajstić information content (AvgIpc) is 3.03. The number of aromatic nitrogens is 1. The lowest BCUT2D eigenvalue weighted by molar-refractivity contribution is 0.0981. The smallest absolute Gasteiger partial charge is 0.260 e. The molecule has 136 valence electrons. The highest BCUT2D eigenvalue weighted by atomic mass is 16.2. The van der Waals surface area contributed by atoms with Gasteiger partial charge in [-0.15, -0.1) is 0 Å². The van der Waals surface area contributed by atoms with Crippen LogP contribution < -0.4 is 9.80 Å². The minimum atomic E-state index is 0.0573. The van der Waals surface area contributed by atoms with Crippen molar-refractivity contribution in [2.45, 2.75) is 58.0 Å². The van der Waals surface area contributed by atoms with Crippen LogP contribution >= 0.6 is 0 Å². The molecule has 2 aliphatic rings. The summed E-state index contributed by atoms with van der Waals surface area (Å²) in [6.45, 7) is 5.42. The van der Waals surface area contributed by atoms with E-state index in [-0.39, 0.29) is 11.9 Å². The molecule has 1 aromatic carbocycles. The van der Waals surface area contributed by atoms with Gasteiger partial charge >= 0.3 is 0 Å². The van der Waals surface area contributed by atoms with E-state index in [1.165, 1.54) is 24.8 Å². The zero-order chi connectivity index (χ0) is 18.1. The van der Waals surface area contributed by atoms with Crippen LogP contribution in [0.3, 0.4) is 0 Å². The second-order valence-corrected chi connectivity index (χ2v) is 7.54. The molecule has 4 nitrogen and oxygen atoms in total. The van der Waals surface area contributed by atoms with Gasteiger partial charge < -0.3 is 9.80 Å². The fourth-order valence-electron chi connectivity index (χ4n) is 4.48. The topological polar surface area (TPSA) is 36.4 Å². The number of fused-ring (bicyclic) bond motifs is 1. The molecule has 2 unspecified atom stereocenters. The van der Waals surface area contributed by atoms with Crippen LogP contribution in [0.1, 0.15) is 55.5 Å². The van der Waals surface area contributed by atoms with E-state index in [1.54, 1.807) is 6.20 Å². The third-order valence-corrected chi connectivity index (χ3v) is 5.83. The molecule has 2 aliphatic heterocycles. The second-order valence-electron chi connectivity index (χ2n) is 7.54. The first-order chi connectivity index (χ1) is 12.7. The summed E-state index contributed by atoms with van der Waals surface area (Å²) in [6.07, 6.45) is 9.41. The summed E-state index contributed by atoms with van der Waals surface area (Å²) in [7, 11) is 0. The van der Waals surface area contributed by atoms with Crippen LogP contribution in [0.4, 0.5) is 11.4 Å². The molecule has 4 heteroatoms. The molecule has 4 rings (SSSR count). The van der Waals surface area contributed by atoms with Crippen molar-refractivity contribution in [2.75, 3.05) is 16.3 Å². The first kappa shape index (κ1) is 17.1. The average molecular weight is 349 g/mol. The molecule has 1 fully saturated rings. The summed E-state index contributed by atoms with van der Waals surface area (Å²) >= 11 is 0. The van der Waals surface area contributed by atoms with Crippen LogP contribution in [-0.4, -0.2) is 29.5 Å². The van der Waals surface area contributed by atoms with Gasteiger partial charge in [-0.25, -0.2) is 0 Å². The third kappa shape index (κ3) is 2.98. The van der Waals surface area contributed by atoms with Gasteiger partial charge in [-0.1, -0.05) is 25.1 Å². The molecule has 1 amide bonds. The van der Waals surface area contributed by atoms with Gasteiger partial charge in [0.2, 0.25) is 0 Å². The number of hydrogen-bond acceptors (Lipinski definition) is 3. The fourth-order valence-corrected chi connectivity index (χ4v) is 4.48. The number of benzene rings is 1. The van der Waals surface area contributed by atoms with E-state index >= 15 is 0 Å². The van der Waals surface area contributed by atoms with E-state index in [9.17, 15) is 4.79 Å². The van der Waals surface area contributed by atoms with Crippen LogP contribution in [0.15, 0.2) is 42.7 Å². The fraction of sp³-hybridized carbons (Fsp3) is 0.455. The first-order valence-corrected chi connectivity index (χ1v) is 9.82. The molecule has 0 spiro atoms. The Labute approximate surface area is 155 Å². The van der Waals surface area contributed by atoms with E-state index in [2.05, 4.69) is 29.8 Å². The number of rotatable bonds is 3. The molecular formula is C22H27N3O. The Morgan fingerprint density at radius 2 is 2.08 bits per heavy atom. The minimum Gasteiger partial charge on any atom is -0.367 e. The number of carbonyl (C=O) groups is 1. The minimum absolute atomic E-state index is 0.0573. The second kappa shape index (κ2) is 7.10. The van der Waals surface area contributed by atoms with Crippen LogP contribution in [0, 0.1) is 0 Å². The Hall–Kier alpha value is -2.36. The number of para-hydroxylation sites is 1. The van der Waals surface area contributed by atoms with Crippen molar-refractivity contribution in [3.05, 3.63) is 53.9 Å². The summed E-state index contributed by atoms with van der Waals surface area (Å²) in [5.41, 5.74) is 4.06. The molecule has 2 atom stereocenters. The Bertz CT molecular complexity index is 803. The molecule has 0 saturated carbocycles. The van der Waals surface area contributed by atoms with Crippen molar-refractivity contribution in [3.63, 3.8) is 0 Å². The highest BCUT2D eigenvalue weighted by molar-refractivity contribution is 6.08. The van der Waals surface area contributed by atoms with Gasteiger partial charge in [0.15, 0.2) is 0 Å².